The second-order valence-corrected chi connectivity index (χ2v) is 10.4. The first-order valence-corrected chi connectivity index (χ1v) is 13.7. The van der Waals surface area contributed by atoms with Crippen LogP contribution in [0.3, 0.4) is 0 Å². The number of nitrogens with one attached hydrogen (secondary N) is 2. The minimum absolute atomic E-state index is 0.00214. The average molecular weight is 511 g/mol. The fourth-order valence-corrected chi connectivity index (χ4v) is 5.98. The molecule has 0 saturated carbocycles. The molecule has 1 aliphatic rings. The lowest BCUT2D eigenvalue weighted by Gasteiger charge is -2.36. The number of fused-ring (bicyclic) bond motifs is 1. The molecule has 2 aromatic carbocycles. The predicted molar refractivity (Wildman–Crippen MR) is 142 cm³/mol. The van der Waals surface area contributed by atoms with E-state index < -0.39 is 10.0 Å². The number of hydrogen-bond acceptors (Lipinski definition) is 5. The van der Waals surface area contributed by atoms with Gasteiger partial charge in [0, 0.05) is 48.7 Å². The van der Waals surface area contributed by atoms with Crippen molar-refractivity contribution in [3.05, 3.63) is 66.0 Å². The molecule has 1 aromatic heterocycles. The lowest BCUT2D eigenvalue weighted by Crippen LogP contribution is -2.51. The zero-order chi connectivity index (χ0) is 26.5. The molecular formula is C27H34N4O4S. The third-order valence-electron chi connectivity index (χ3n) is 6.30. The highest BCUT2D eigenvalue weighted by atomic mass is 32.2. The maximum Gasteiger partial charge on any atom is 0.274 e. The van der Waals surface area contributed by atoms with Gasteiger partial charge in [0.25, 0.3) is 5.91 Å². The molecule has 2 amide bonds. The Labute approximate surface area is 213 Å². The van der Waals surface area contributed by atoms with Gasteiger partial charge in [-0.3, -0.25) is 14.6 Å². The topological polar surface area (TPSA) is 108 Å². The molecule has 0 spiro atoms. The van der Waals surface area contributed by atoms with Gasteiger partial charge in [0.15, 0.2) is 0 Å². The molecule has 8 nitrogen and oxygen atoms in total. The van der Waals surface area contributed by atoms with Crippen molar-refractivity contribution >= 4 is 38.3 Å². The van der Waals surface area contributed by atoms with Gasteiger partial charge in [0.2, 0.25) is 15.9 Å². The maximum atomic E-state index is 13.4. The Morgan fingerprint density at radius 3 is 2.36 bits per heavy atom. The molecule has 1 saturated heterocycles. The van der Waals surface area contributed by atoms with Crippen LogP contribution < -0.4 is 10.0 Å². The summed E-state index contributed by atoms with van der Waals surface area (Å²) in [5, 5.41) is 4.00. The number of piperidine rings is 1. The van der Waals surface area contributed by atoms with E-state index >= 15 is 0 Å². The van der Waals surface area contributed by atoms with Crippen LogP contribution in [0, 0.1) is 12.8 Å². The van der Waals surface area contributed by atoms with Crippen molar-refractivity contribution in [2.45, 2.75) is 52.0 Å². The van der Waals surface area contributed by atoms with E-state index in [2.05, 4.69) is 15.0 Å². The van der Waals surface area contributed by atoms with Crippen molar-refractivity contribution < 1.29 is 18.0 Å². The van der Waals surface area contributed by atoms with E-state index in [-0.39, 0.29) is 28.7 Å². The van der Waals surface area contributed by atoms with E-state index in [1.165, 1.54) is 13.0 Å². The van der Waals surface area contributed by atoms with E-state index in [1.807, 2.05) is 33.8 Å². The number of carbonyl (C=O) groups is 2. The Morgan fingerprint density at radius 2 is 1.72 bits per heavy atom. The SMILES string of the molecule is CC.CC(=O)N1CCC(NS(=O)(=O)c2ccc(NC(=O)c3ncccc3C)c3ccccc23)[C@H](C)C1. The number of pyridine rings is 1. The summed E-state index contributed by atoms with van der Waals surface area (Å²) < 4.78 is 29.6. The molecule has 1 unspecified atom stereocenters. The molecule has 1 fully saturated rings. The maximum absolute atomic E-state index is 13.4. The van der Waals surface area contributed by atoms with E-state index in [9.17, 15) is 18.0 Å². The number of benzene rings is 2. The van der Waals surface area contributed by atoms with Crippen LogP contribution in [-0.2, 0) is 14.8 Å². The number of rotatable bonds is 5. The van der Waals surface area contributed by atoms with E-state index in [0.29, 0.717) is 41.7 Å². The van der Waals surface area contributed by atoms with Crippen molar-refractivity contribution in [3.63, 3.8) is 0 Å². The zero-order valence-electron chi connectivity index (χ0n) is 21.4. The molecule has 9 heteroatoms. The monoisotopic (exact) mass is 510 g/mol. The van der Waals surface area contributed by atoms with E-state index in [0.717, 1.165) is 5.56 Å². The van der Waals surface area contributed by atoms with Crippen molar-refractivity contribution in [1.29, 1.82) is 0 Å². The number of carbonyl (C=O) groups excluding carboxylic acids is 2. The van der Waals surface area contributed by atoms with E-state index in [4.69, 9.17) is 0 Å². The fraction of sp³-hybridized carbons (Fsp3) is 0.370. The van der Waals surface area contributed by atoms with Crippen LogP contribution in [0.25, 0.3) is 10.8 Å². The molecule has 4 rings (SSSR count). The summed E-state index contributed by atoms with van der Waals surface area (Å²) >= 11 is 0. The number of sulfonamides is 1. The average Bonchev–Trinajstić information content (AvgIpc) is 2.86. The van der Waals surface area contributed by atoms with Crippen LogP contribution in [0.5, 0.6) is 0 Å². The van der Waals surface area contributed by atoms with Crippen molar-refractivity contribution in [2.24, 2.45) is 5.92 Å². The summed E-state index contributed by atoms with van der Waals surface area (Å²) in [6.07, 6.45) is 2.11. The van der Waals surface area contributed by atoms with Gasteiger partial charge in [-0.1, -0.05) is 51.1 Å². The Hall–Kier alpha value is -3.30. The van der Waals surface area contributed by atoms with Gasteiger partial charge < -0.3 is 10.2 Å². The summed E-state index contributed by atoms with van der Waals surface area (Å²) in [5.41, 5.74) is 1.57. The highest BCUT2D eigenvalue weighted by Gasteiger charge is 2.31. The molecule has 2 atom stereocenters. The zero-order valence-corrected chi connectivity index (χ0v) is 22.2. The molecular weight excluding hydrogens is 476 g/mol. The van der Waals surface area contributed by atoms with Crippen LogP contribution in [-0.4, -0.2) is 49.2 Å². The van der Waals surface area contributed by atoms with Crippen LogP contribution in [0.1, 0.15) is 50.2 Å². The molecule has 192 valence electrons. The van der Waals surface area contributed by atoms with Gasteiger partial charge in [-0.25, -0.2) is 13.1 Å². The first-order valence-electron chi connectivity index (χ1n) is 12.2. The van der Waals surface area contributed by atoms with Gasteiger partial charge in [0.1, 0.15) is 5.69 Å². The van der Waals surface area contributed by atoms with Gasteiger partial charge in [-0.05, 0) is 43.0 Å². The Kier molecular flexibility index (Phi) is 8.81. The quantitative estimate of drug-likeness (QED) is 0.530. The Bertz CT molecular complexity index is 1360. The van der Waals surface area contributed by atoms with Gasteiger partial charge >= 0.3 is 0 Å². The Balaban J connectivity index is 0.00000176. The first kappa shape index (κ1) is 27.3. The van der Waals surface area contributed by atoms with Gasteiger partial charge in [0.05, 0.1) is 4.90 Å². The molecule has 0 radical (unpaired) electrons. The molecule has 0 aliphatic carbocycles. The third-order valence-corrected chi connectivity index (χ3v) is 7.85. The summed E-state index contributed by atoms with van der Waals surface area (Å²) in [6.45, 7) is 10.3. The standard InChI is InChI=1S/C25H28N4O4S.C2H6/c1-16-7-6-13-26-24(16)25(31)27-22-10-11-23(20-9-5-4-8-19(20)22)34(32,33)28-21-12-14-29(18(3)30)15-17(21)2;1-2/h4-11,13,17,21,28H,12,14-15H2,1-3H3,(H,27,31);1-2H3/t17-,21?;/m1./s1. The highest BCUT2D eigenvalue weighted by Crippen LogP contribution is 2.31. The number of aryl methyl sites for hydroxylation is 1. The summed E-state index contributed by atoms with van der Waals surface area (Å²) in [6, 6.07) is 13.5. The third kappa shape index (κ3) is 5.91. The highest BCUT2D eigenvalue weighted by molar-refractivity contribution is 7.89. The van der Waals surface area contributed by atoms with Crippen LogP contribution in [0.4, 0.5) is 5.69 Å². The number of hydrogen-bond donors (Lipinski definition) is 2. The minimum atomic E-state index is -3.84. The molecule has 2 N–H and O–H groups in total. The molecule has 3 aromatic rings. The summed E-state index contributed by atoms with van der Waals surface area (Å²) in [7, 11) is -3.84. The smallest absolute Gasteiger partial charge is 0.274 e. The number of nitrogens with zero attached hydrogens (tertiary/aromatic N) is 2. The van der Waals surface area contributed by atoms with E-state index in [1.54, 1.807) is 47.5 Å². The number of aromatic nitrogens is 1. The van der Waals surface area contributed by atoms with Crippen molar-refractivity contribution in [3.8, 4) is 0 Å². The number of anilines is 1. The normalized spacial score (nSPS) is 17.8. The fourth-order valence-electron chi connectivity index (χ4n) is 4.39. The summed E-state index contributed by atoms with van der Waals surface area (Å²) in [4.78, 5) is 30.5. The van der Waals surface area contributed by atoms with Crippen LogP contribution in [0.2, 0.25) is 0 Å². The minimum Gasteiger partial charge on any atom is -0.343 e. The molecule has 2 heterocycles. The molecule has 0 bridgehead atoms. The second-order valence-electron chi connectivity index (χ2n) is 8.74. The number of amides is 2. The van der Waals surface area contributed by atoms with Gasteiger partial charge in [-0.15, -0.1) is 0 Å². The molecule has 36 heavy (non-hydrogen) atoms. The largest absolute Gasteiger partial charge is 0.343 e. The van der Waals surface area contributed by atoms with Crippen molar-refractivity contribution in [1.82, 2.24) is 14.6 Å². The van der Waals surface area contributed by atoms with Crippen LogP contribution >= 0.6 is 0 Å². The summed E-state index contributed by atoms with van der Waals surface area (Å²) in [5.74, 6) is -0.375. The van der Waals surface area contributed by atoms with Crippen molar-refractivity contribution in [2.75, 3.05) is 18.4 Å². The first-order chi connectivity index (χ1) is 17.2. The lowest BCUT2D eigenvalue weighted by molar-refractivity contribution is -0.130. The number of likely N-dealkylation sites (tertiary alicyclic amines) is 1. The predicted octanol–water partition coefficient (Wildman–Crippen LogP) is 4.36. The molecule has 1 aliphatic heterocycles. The Morgan fingerprint density at radius 1 is 1.03 bits per heavy atom. The van der Waals surface area contributed by atoms with Crippen LogP contribution in [0.15, 0.2) is 59.6 Å². The lowest BCUT2D eigenvalue weighted by atomic mass is 9.95. The second kappa shape index (κ2) is 11.6. The van der Waals surface area contributed by atoms with Gasteiger partial charge in [-0.2, -0.15) is 0 Å².